The first kappa shape index (κ1) is 38.7. The Kier molecular flexibility index (Phi) is 10.6. The minimum atomic E-state index is -0.384. The number of amides is 3. The van der Waals surface area contributed by atoms with E-state index in [1.54, 1.807) is 0 Å². The molecule has 0 saturated carbocycles. The monoisotopic (exact) mass is 779 g/mol. The topological polar surface area (TPSA) is 162 Å². The molecule has 3 N–H and O–H groups in total. The van der Waals surface area contributed by atoms with Crippen molar-refractivity contribution in [2.75, 3.05) is 37.6 Å². The molecule has 0 aliphatic carbocycles. The Morgan fingerprint density at radius 1 is 0.948 bits per heavy atom. The van der Waals surface area contributed by atoms with Crippen molar-refractivity contribution in [1.29, 1.82) is 0 Å². The summed E-state index contributed by atoms with van der Waals surface area (Å²) in [5, 5.41) is 18.0. The average molecular weight is 780 g/mol. The molecule has 0 radical (unpaired) electrons. The number of aromatic amines is 1. The number of anilines is 1. The van der Waals surface area contributed by atoms with Crippen LogP contribution in [0, 0.1) is 6.92 Å². The number of imide groups is 1. The van der Waals surface area contributed by atoms with Crippen molar-refractivity contribution in [2.45, 2.75) is 71.3 Å². The van der Waals surface area contributed by atoms with E-state index >= 15 is 0 Å². The van der Waals surface area contributed by atoms with Gasteiger partial charge < -0.3 is 14.7 Å². The van der Waals surface area contributed by atoms with Crippen LogP contribution < -0.4 is 15.5 Å². The van der Waals surface area contributed by atoms with Crippen molar-refractivity contribution in [3.05, 3.63) is 113 Å². The lowest BCUT2D eigenvalue weighted by atomic mass is 9.90. The molecule has 2 saturated heterocycles. The van der Waals surface area contributed by atoms with Gasteiger partial charge in [0.2, 0.25) is 17.7 Å². The van der Waals surface area contributed by atoms with Gasteiger partial charge in [-0.1, -0.05) is 74.5 Å². The Bertz CT molecular complexity index is 2460. The summed E-state index contributed by atoms with van der Waals surface area (Å²) < 4.78 is 5.31. The van der Waals surface area contributed by atoms with Gasteiger partial charge >= 0.3 is 0 Å². The molecule has 2 atom stereocenters. The summed E-state index contributed by atoms with van der Waals surface area (Å²) in [6, 6.07) is 25.0. The second-order valence-corrected chi connectivity index (χ2v) is 16.5. The average Bonchev–Trinajstić information content (AvgIpc) is 3.89. The van der Waals surface area contributed by atoms with Gasteiger partial charge in [-0.15, -0.1) is 0 Å². The highest BCUT2D eigenvalue weighted by atomic mass is 16.5. The molecule has 2 fully saturated rings. The number of carbonyl (C=O) groups is 3. The summed E-state index contributed by atoms with van der Waals surface area (Å²) in [5.74, 6) is -0.565. The molecule has 5 heterocycles. The molecule has 2 aliphatic rings. The van der Waals surface area contributed by atoms with Crippen LogP contribution in [0.15, 0.2) is 83.5 Å². The molecule has 3 amide bonds. The van der Waals surface area contributed by atoms with Gasteiger partial charge in [-0.2, -0.15) is 10.1 Å². The quantitative estimate of drug-likeness (QED) is 0.128. The van der Waals surface area contributed by atoms with Gasteiger partial charge in [0, 0.05) is 73.0 Å². The Balaban J connectivity index is 0.865. The van der Waals surface area contributed by atoms with Crippen LogP contribution in [0.1, 0.15) is 91.3 Å². The van der Waals surface area contributed by atoms with E-state index in [1.165, 1.54) is 11.3 Å². The number of rotatable bonds is 10. The number of aromatic nitrogens is 5. The highest BCUT2D eigenvalue weighted by molar-refractivity contribution is 6.01. The number of nitrogens with one attached hydrogen (secondary N) is 3. The van der Waals surface area contributed by atoms with E-state index in [1.807, 2.05) is 65.1 Å². The van der Waals surface area contributed by atoms with Crippen molar-refractivity contribution in [3.63, 3.8) is 0 Å². The van der Waals surface area contributed by atoms with E-state index in [-0.39, 0.29) is 40.9 Å². The van der Waals surface area contributed by atoms with Gasteiger partial charge in [-0.25, -0.2) is 4.98 Å². The minimum Gasteiger partial charge on any atom is -0.369 e. The van der Waals surface area contributed by atoms with Crippen molar-refractivity contribution >= 4 is 34.4 Å². The molecule has 298 valence electrons. The van der Waals surface area contributed by atoms with Crippen LogP contribution >= 0.6 is 0 Å². The van der Waals surface area contributed by atoms with Gasteiger partial charge in [0.1, 0.15) is 0 Å². The maximum absolute atomic E-state index is 12.9. The summed E-state index contributed by atoms with van der Waals surface area (Å²) in [6.45, 7) is 14.7. The van der Waals surface area contributed by atoms with Gasteiger partial charge in [0.15, 0.2) is 5.65 Å². The first-order valence-electron chi connectivity index (χ1n) is 20.0. The Labute approximate surface area is 337 Å². The molecular weight excluding hydrogens is 731 g/mol. The number of aryl methyl sites for hydroxylation is 1. The van der Waals surface area contributed by atoms with E-state index in [9.17, 15) is 14.4 Å². The number of fused-ring (bicyclic) bond motifs is 1. The maximum Gasteiger partial charge on any atom is 0.293 e. The Hall–Kier alpha value is -6.21. The zero-order valence-electron chi connectivity index (χ0n) is 33.6. The van der Waals surface area contributed by atoms with Gasteiger partial charge in [-0.3, -0.25) is 29.7 Å². The number of nitrogens with zero attached hydrogens (tertiary/aromatic N) is 6. The van der Waals surface area contributed by atoms with Crippen LogP contribution in [-0.2, 0) is 21.4 Å². The Morgan fingerprint density at radius 3 is 2.38 bits per heavy atom. The van der Waals surface area contributed by atoms with Gasteiger partial charge in [0.05, 0.1) is 17.7 Å². The molecule has 3 aromatic carbocycles. The number of hydrogen-bond acceptors (Lipinski definition) is 10. The lowest BCUT2D eigenvalue weighted by molar-refractivity contribution is -0.134. The van der Waals surface area contributed by atoms with E-state index in [0.717, 1.165) is 83.6 Å². The van der Waals surface area contributed by atoms with Gasteiger partial charge in [-0.05, 0) is 78.8 Å². The molecule has 13 heteroatoms. The molecule has 0 spiro atoms. The number of H-pyrrole nitrogens is 1. The molecule has 3 aromatic heterocycles. The number of piperidine rings is 1. The third-order valence-electron chi connectivity index (χ3n) is 11.3. The second-order valence-electron chi connectivity index (χ2n) is 16.5. The van der Waals surface area contributed by atoms with E-state index in [4.69, 9.17) is 4.52 Å². The molecular formula is C45H49N9O4. The zero-order valence-corrected chi connectivity index (χ0v) is 33.6. The SMILES string of the molecule is Cc1cc(-c2[nH]nc3ncc(-c4ccc(N5CCN(CCc6ccc([C@@H]7CCC(=O)NC7=O)cc6)CC5)cc4)cc23)ccc1[C@@H](C)NC(=O)c1noc(C(C)(C)C)n1. The molecule has 0 unspecified atom stereocenters. The molecule has 13 nitrogen and oxygen atoms in total. The molecule has 58 heavy (non-hydrogen) atoms. The standard InChI is InChI=1S/C45H49N9O4/c1-27-24-32(12-15-35(27)28(2)47-43(57)41-49-44(58-52-41)45(3,4)5)39-37-25-33(26-46-40(37)51-50-39)30-10-13-34(14-11-30)54-22-20-53(21-23-54)19-18-29-6-8-31(9-7-29)36-16-17-38(55)48-42(36)56/h6-15,24-26,28,36H,16-23H2,1-5H3,(H,47,57)(H,46,50,51)(H,48,55,56)/t28-,36+/m1/s1. The van der Waals surface area contributed by atoms with Crippen LogP contribution in [-0.4, -0.2) is 80.7 Å². The summed E-state index contributed by atoms with van der Waals surface area (Å²) in [7, 11) is 0. The summed E-state index contributed by atoms with van der Waals surface area (Å²) in [5.41, 5.74) is 9.70. The number of pyridine rings is 1. The molecule has 0 bridgehead atoms. The van der Waals surface area contributed by atoms with E-state index < -0.39 is 0 Å². The molecule has 8 rings (SSSR count). The first-order valence-corrected chi connectivity index (χ1v) is 20.0. The summed E-state index contributed by atoms with van der Waals surface area (Å²) in [6.07, 6.45) is 3.79. The lowest BCUT2D eigenvalue weighted by Crippen LogP contribution is -2.47. The third-order valence-corrected chi connectivity index (χ3v) is 11.3. The Morgan fingerprint density at radius 2 is 1.69 bits per heavy atom. The lowest BCUT2D eigenvalue weighted by Gasteiger charge is -2.36. The van der Waals surface area contributed by atoms with Crippen LogP contribution in [0.2, 0.25) is 0 Å². The van der Waals surface area contributed by atoms with Crippen LogP contribution in [0.25, 0.3) is 33.4 Å². The van der Waals surface area contributed by atoms with Crippen LogP contribution in [0.4, 0.5) is 5.69 Å². The third kappa shape index (κ3) is 8.26. The molecule has 2 aliphatic heterocycles. The van der Waals surface area contributed by atoms with Crippen molar-refractivity contribution < 1.29 is 18.9 Å². The van der Waals surface area contributed by atoms with Crippen molar-refractivity contribution in [2.24, 2.45) is 0 Å². The number of carbonyl (C=O) groups excluding carboxylic acids is 3. The fourth-order valence-electron chi connectivity index (χ4n) is 7.86. The van der Waals surface area contributed by atoms with Crippen LogP contribution in [0.3, 0.4) is 0 Å². The predicted octanol–water partition coefficient (Wildman–Crippen LogP) is 6.66. The minimum absolute atomic E-state index is 0.0217. The first-order chi connectivity index (χ1) is 27.9. The predicted molar refractivity (Wildman–Crippen MR) is 222 cm³/mol. The summed E-state index contributed by atoms with van der Waals surface area (Å²) in [4.78, 5) is 50.6. The number of piperazine rings is 1. The highest BCUT2D eigenvalue weighted by Gasteiger charge is 2.28. The number of benzene rings is 3. The smallest absolute Gasteiger partial charge is 0.293 e. The van der Waals surface area contributed by atoms with Crippen molar-refractivity contribution in [3.8, 4) is 22.4 Å². The normalized spacial score (nSPS) is 17.1. The largest absolute Gasteiger partial charge is 0.369 e. The summed E-state index contributed by atoms with van der Waals surface area (Å²) >= 11 is 0. The second kappa shape index (κ2) is 16.0. The maximum atomic E-state index is 12.9. The fourth-order valence-corrected chi connectivity index (χ4v) is 7.86. The highest BCUT2D eigenvalue weighted by Crippen LogP contribution is 2.33. The van der Waals surface area contributed by atoms with E-state index in [2.05, 4.69) is 94.3 Å². The van der Waals surface area contributed by atoms with E-state index in [0.29, 0.717) is 24.4 Å². The van der Waals surface area contributed by atoms with Crippen LogP contribution in [0.5, 0.6) is 0 Å². The zero-order chi connectivity index (χ0) is 40.6. The van der Waals surface area contributed by atoms with Crippen molar-refractivity contribution in [1.82, 2.24) is 40.9 Å². The van der Waals surface area contributed by atoms with Gasteiger partial charge in [0.25, 0.3) is 11.7 Å². The fraction of sp³-hybridized carbons (Fsp3) is 0.356. The number of hydrogen-bond donors (Lipinski definition) is 3. The molecule has 6 aromatic rings.